The van der Waals surface area contributed by atoms with E-state index in [0.717, 1.165) is 24.4 Å². The molecule has 0 fully saturated rings. The summed E-state index contributed by atoms with van der Waals surface area (Å²) in [5.41, 5.74) is 1.09. The molecule has 1 N–H and O–H groups in total. The highest BCUT2D eigenvalue weighted by Crippen LogP contribution is 2.23. The molecule has 0 radical (unpaired) electrons. The Bertz CT molecular complexity index is 431. The van der Waals surface area contributed by atoms with Crippen molar-refractivity contribution in [2.75, 3.05) is 18.5 Å². The largest absolute Gasteiger partial charge is 0.358 e. The van der Waals surface area contributed by atoms with Crippen molar-refractivity contribution in [1.29, 1.82) is 0 Å². The molecule has 0 aliphatic rings. The molecule has 0 saturated heterocycles. The number of aromatic amines is 1. The van der Waals surface area contributed by atoms with Crippen LogP contribution < -0.4 is 4.90 Å². The molecule has 0 aliphatic carbocycles. The summed E-state index contributed by atoms with van der Waals surface area (Å²) in [6, 6.07) is 2.07. The second-order valence-corrected chi connectivity index (χ2v) is 3.61. The number of rotatable bonds is 3. The quantitative estimate of drug-likeness (QED) is 0.811. The van der Waals surface area contributed by atoms with Crippen LogP contribution in [-0.2, 0) is 7.05 Å². The Labute approximate surface area is 85.0 Å². The fourth-order valence-electron chi connectivity index (χ4n) is 1.78. The zero-order valence-electron chi connectivity index (χ0n) is 8.91. The first-order valence-electron chi connectivity index (χ1n) is 4.95. The molecule has 14 heavy (non-hydrogen) atoms. The standard InChI is InChI=1S/C10H16N4.H2/c1-4-7-13(2)10-8-5-6-11-9(8)14(3)12-10;/h5-6,11H,4,7H2,1-3H3;1H. The number of hydrogen-bond donors (Lipinski definition) is 1. The van der Waals surface area contributed by atoms with Crippen LogP contribution in [0.15, 0.2) is 12.3 Å². The van der Waals surface area contributed by atoms with Crippen LogP contribution in [0.3, 0.4) is 0 Å². The van der Waals surface area contributed by atoms with Gasteiger partial charge in [0.15, 0.2) is 5.82 Å². The Balaban J connectivity index is 0.00000112. The maximum absolute atomic E-state index is 4.48. The molecule has 2 aromatic heterocycles. The summed E-state index contributed by atoms with van der Waals surface area (Å²) < 4.78 is 1.89. The van der Waals surface area contributed by atoms with Gasteiger partial charge in [0.1, 0.15) is 5.65 Å². The topological polar surface area (TPSA) is 36.9 Å². The van der Waals surface area contributed by atoms with Gasteiger partial charge < -0.3 is 9.88 Å². The van der Waals surface area contributed by atoms with Crippen molar-refractivity contribution in [2.24, 2.45) is 7.05 Å². The Morgan fingerprint density at radius 1 is 1.64 bits per heavy atom. The lowest BCUT2D eigenvalue weighted by molar-refractivity contribution is 0.759. The van der Waals surface area contributed by atoms with Gasteiger partial charge >= 0.3 is 0 Å². The van der Waals surface area contributed by atoms with Crippen LogP contribution in [0.25, 0.3) is 11.0 Å². The van der Waals surface area contributed by atoms with Gasteiger partial charge in [0, 0.05) is 28.3 Å². The normalized spacial score (nSPS) is 11.1. The first-order valence-corrected chi connectivity index (χ1v) is 4.95. The number of anilines is 1. The number of aromatic nitrogens is 3. The highest BCUT2D eigenvalue weighted by atomic mass is 15.4. The summed E-state index contributed by atoms with van der Waals surface area (Å²) in [5.74, 6) is 1.06. The lowest BCUT2D eigenvalue weighted by Crippen LogP contribution is -2.18. The van der Waals surface area contributed by atoms with Crippen LogP contribution >= 0.6 is 0 Å². The van der Waals surface area contributed by atoms with Crippen molar-refractivity contribution < 1.29 is 1.43 Å². The van der Waals surface area contributed by atoms with Gasteiger partial charge in [0.05, 0.1) is 5.39 Å². The average molecular weight is 194 g/mol. The van der Waals surface area contributed by atoms with E-state index in [1.54, 1.807) is 0 Å². The minimum atomic E-state index is 0. The molecule has 2 rings (SSSR count). The van der Waals surface area contributed by atoms with Gasteiger partial charge in [-0.25, -0.2) is 4.68 Å². The van der Waals surface area contributed by atoms with Crippen molar-refractivity contribution >= 4 is 16.9 Å². The molecule has 0 atom stereocenters. The van der Waals surface area contributed by atoms with Gasteiger partial charge in [-0.05, 0) is 12.5 Å². The Hall–Kier alpha value is -1.45. The molecule has 0 bridgehead atoms. The molecule has 2 aromatic rings. The Morgan fingerprint density at radius 3 is 3.14 bits per heavy atom. The minimum absolute atomic E-state index is 0. The molecule has 78 valence electrons. The first kappa shape index (κ1) is 9.12. The van der Waals surface area contributed by atoms with Gasteiger partial charge in [-0.15, -0.1) is 0 Å². The predicted molar refractivity (Wildman–Crippen MR) is 60.7 cm³/mol. The summed E-state index contributed by atoms with van der Waals surface area (Å²) in [5, 5.41) is 5.68. The van der Waals surface area contributed by atoms with Crippen molar-refractivity contribution in [3.8, 4) is 0 Å². The minimum Gasteiger partial charge on any atom is -0.358 e. The molecule has 0 spiro atoms. The summed E-state index contributed by atoms with van der Waals surface area (Å²) in [6.07, 6.45) is 3.09. The smallest absolute Gasteiger partial charge is 0.159 e. The molecule has 0 aliphatic heterocycles. The number of aryl methyl sites for hydroxylation is 1. The van der Waals surface area contributed by atoms with Crippen LogP contribution in [-0.4, -0.2) is 28.4 Å². The number of nitrogens with zero attached hydrogens (tertiary/aromatic N) is 3. The number of nitrogens with one attached hydrogen (secondary N) is 1. The van der Waals surface area contributed by atoms with E-state index in [1.807, 2.05) is 17.9 Å². The van der Waals surface area contributed by atoms with Crippen LogP contribution in [0.4, 0.5) is 5.82 Å². The lowest BCUT2D eigenvalue weighted by Gasteiger charge is -2.14. The Kier molecular flexibility index (Phi) is 2.19. The third kappa shape index (κ3) is 1.27. The molecule has 4 heteroatoms. The maximum atomic E-state index is 4.48. The fourth-order valence-corrected chi connectivity index (χ4v) is 1.78. The lowest BCUT2D eigenvalue weighted by atomic mass is 10.3. The SMILES string of the molecule is CCCN(C)c1nn(C)c2[nH]ccc12.[HH]. The third-order valence-corrected chi connectivity index (χ3v) is 2.45. The molecule has 0 aromatic carbocycles. The summed E-state index contributed by atoms with van der Waals surface area (Å²) >= 11 is 0. The number of H-pyrrole nitrogens is 1. The van der Waals surface area contributed by atoms with Crippen molar-refractivity contribution in [2.45, 2.75) is 13.3 Å². The second kappa shape index (κ2) is 3.36. The summed E-state index contributed by atoms with van der Waals surface area (Å²) in [7, 11) is 4.04. The van der Waals surface area contributed by atoms with E-state index in [2.05, 4.69) is 35.0 Å². The zero-order valence-corrected chi connectivity index (χ0v) is 8.91. The molecular formula is C10H18N4. The second-order valence-electron chi connectivity index (χ2n) is 3.61. The van der Waals surface area contributed by atoms with Gasteiger partial charge in [-0.2, -0.15) is 5.10 Å². The van der Waals surface area contributed by atoms with Crippen molar-refractivity contribution in [1.82, 2.24) is 14.8 Å². The molecule has 0 amide bonds. The van der Waals surface area contributed by atoms with E-state index in [9.17, 15) is 0 Å². The van der Waals surface area contributed by atoms with Crippen LogP contribution in [0.5, 0.6) is 0 Å². The molecule has 0 unspecified atom stereocenters. The van der Waals surface area contributed by atoms with E-state index in [1.165, 1.54) is 5.39 Å². The van der Waals surface area contributed by atoms with Crippen LogP contribution in [0.2, 0.25) is 0 Å². The van der Waals surface area contributed by atoms with Crippen molar-refractivity contribution in [3.63, 3.8) is 0 Å². The molecule has 4 nitrogen and oxygen atoms in total. The summed E-state index contributed by atoms with van der Waals surface area (Å²) in [6.45, 7) is 3.21. The van der Waals surface area contributed by atoms with E-state index in [0.29, 0.717) is 0 Å². The van der Waals surface area contributed by atoms with Gasteiger partial charge in [-0.1, -0.05) is 6.92 Å². The van der Waals surface area contributed by atoms with Crippen molar-refractivity contribution in [3.05, 3.63) is 12.3 Å². The third-order valence-electron chi connectivity index (χ3n) is 2.45. The number of hydrogen-bond acceptors (Lipinski definition) is 2. The maximum Gasteiger partial charge on any atom is 0.159 e. The zero-order chi connectivity index (χ0) is 10.1. The van der Waals surface area contributed by atoms with E-state index in [4.69, 9.17) is 0 Å². The van der Waals surface area contributed by atoms with Gasteiger partial charge in [0.2, 0.25) is 0 Å². The Morgan fingerprint density at radius 2 is 2.43 bits per heavy atom. The van der Waals surface area contributed by atoms with E-state index < -0.39 is 0 Å². The van der Waals surface area contributed by atoms with Gasteiger partial charge in [-0.3, -0.25) is 0 Å². The summed E-state index contributed by atoms with van der Waals surface area (Å²) in [4.78, 5) is 5.37. The fraction of sp³-hybridized carbons (Fsp3) is 0.500. The van der Waals surface area contributed by atoms with Gasteiger partial charge in [0.25, 0.3) is 0 Å². The molecule has 2 heterocycles. The van der Waals surface area contributed by atoms with E-state index >= 15 is 0 Å². The predicted octanol–water partition coefficient (Wildman–Crippen LogP) is 1.99. The molecular weight excluding hydrogens is 176 g/mol. The number of fused-ring (bicyclic) bond motifs is 1. The average Bonchev–Trinajstić information content (AvgIpc) is 2.70. The van der Waals surface area contributed by atoms with Crippen LogP contribution in [0.1, 0.15) is 14.8 Å². The first-order chi connectivity index (χ1) is 6.74. The van der Waals surface area contributed by atoms with E-state index in [-0.39, 0.29) is 1.43 Å². The highest BCUT2D eigenvalue weighted by Gasteiger charge is 2.11. The molecule has 0 saturated carbocycles. The highest BCUT2D eigenvalue weighted by molar-refractivity contribution is 5.88. The monoisotopic (exact) mass is 194 g/mol. The van der Waals surface area contributed by atoms with Crippen LogP contribution in [0, 0.1) is 0 Å².